The van der Waals surface area contributed by atoms with Crippen molar-refractivity contribution in [3.63, 3.8) is 0 Å². The number of likely N-dealkylation sites (tertiary alicyclic amines) is 1. The predicted molar refractivity (Wildman–Crippen MR) is 69.5 cm³/mol. The fraction of sp³-hybridized carbons (Fsp3) is 0.929. The minimum Gasteiger partial charge on any atom is -0.338 e. The van der Waals surface area contributed by atoms with Crippen molar-refractivity contribution in [2.45, 2.75) is 64.5 Å². The first kappa shape index (κ1) is 12.9. The van der Waals surface area contributed by atoms with E-state index in [9.17, 15) is 4.79 Å². The predicted octanol–water partition coefficient (Wildman–Crippen LogP) is 2.15. The van der Waals surface area contributed by atoms with Crippen LogP contribution >= 0.6 is 0 Å². The number of hydrogen-bond acceptors (Lipinski definition) is 2. The van der Waals surface area contributed by atoms with E-state index in [4.69, 9.17) is 5.73 Å². The topological polar surface area (TPSA) is 46.3 Å². The van der Waals surface area contributed by atoms with E-state index in [1.165, 1.54) is 19.3 Å². The first-order valence-corrected chi connectivity index (χ1v) is 7.19. The van der Waals surface area contributed by atoms with Gasteiger partial charge in [0.15, 0.2) is 0 Å². The molecule has 2 N–H and O–H groups in total. The summed E-state index contributed by atoms with van der Waals surface area (Å²) in [5.74, 6) is 1.52. The molecule has 98 valence electrons. The van der Waals surface area contributed by atoms with Crippen LogP contribution in [-0.4, -0.2) is 29.4 Å². The molecule has 2 rings (SSSR count). The number of carbonyl (C=O) groups excluding carboxylic acids is 1. The Morgan fingerprint density at radius 3 is 2.35 bits per heavy atom. The molecule has 1 saturated carbocycles. The van der Waals surface area contributed by atoms with Gasteiger partial charge >= 0.3 is 0 Å². The van der Waals surface area contributed by atoms with E-state index in [1.807, 2.05) is 4.90 Å². The van der Waals surface area contributed by atoms with Crippen molar-refractivity contribution >= 4 is 5.91 Å². The summed E-state index contributed by atoms with van der Waals surface area (Å²) in [5, 5.41) is 0. The van der Waals surface area contributed by atoms with Crippen molar-refractivity contribution in [2.75, 3.05) is 6.54 Å². The SMILES string of the molecule is CCC1CCC(C(=O)N2CCC(N)C2C)CC1. The summed E-state index contributed by atoms with van der Waals surface area (Å²) in [6.45, 7) is 5.22. The zero-order valence-electron chi connectivity index (χ0n) is 11.2. The summed E-state index contributed by atoms with van der Waals surface area (Å²) in [5.41, 5.74) is 5.99. The molecule has 0 aromatic heterocycles. The van der Waals surface area contributed by atoms with Crippen LogP contribution in [0.3, 0.4) is 0 Å². The lowest BCUT2D eigenvalue weighted by atomic mass is 9.80. The summed E-state index contributed by atoms with van der Waals surface area (Å²) in [6, 6.07) is 0.428. The Morgan fingerprint density at radius 2 is 1.88 bits per heavy atom. The molecule has 3 heteroatoms. The molecule has 1 aliphatic carbocycles. The zero-order chi connectivity index (χ0) is 12.4. The van der Waals surface area contributed by atoms with Crippen molar-refractivity contribution in [1.82, 2.24) is 4.90 Å². The Morgan fingerprint density at radius 1 is 1.24 bits per heavy atom. The van der Waals surface area contributed by atoms with Gasteiger partial charge in [-0.05, 0) is 44.9 Å². The van der Waals surface area contributed by atoms with Crippen LogP contribution in [0.5, 0.6) is 0 Å². The average Bonchev–Trinajstić information content (AvgIpc) is 2.69. The Hall–Kier alpha value is -0.570. The van der Waals surface area contributed by atoms with Gasteiger partial charge in [0.2, 0.25) is 5.91 Å². The van der Waals surface area contributed by atoms with E-state index >= 15 is 0 Å². The third-order valence-electron chi connectivity index (χ3n) is 4.87. The van der Waals surface area contributed by atoms with Gasteiger partial charge in [0.05, 0.1) is 0 Å². The summed E-state index contributed by atoms with van der Waals surface area (Å²) in [7, 11) is 0. The fourth-order valence-corrected chi connectivity index (χ4v) is 3.33. The van der Waals surface area contributed by atoms with Crippen LogP contribution in [0.25, 0.3) is 0 Å². The number of carbonyl (C=O) groups is 1. The second-order valence-electron chi connectivity index (χ2n) is 5.85. The molecule has 2 aliphatic rings. The van der Waals surface area contributed by atoms with Crippen LogP contribution in [0.1, 0.15) is 52.4 Å². The largest absolute Gasteiger partial charge is 0.338 e. The number of rotatable bonds is 2. The third kappa shape index (κ3) is 2.65. The van der Waals surface area contributed by atoms with Crippen molar-refractivity contribution in [1.29, 1.82) is 0 Å². The maximum absolute atomic E-state index is 12.4. The molecular formula is C14H26N2O. The zero-order valence-corrected chi connectivity index (χ0v) is 11.2. The van der Waals surface area contributed by atoms with Gasteiger partial charge in [-0.2, -0.15) is 0 Å². The average molecular weight is 238 g/mol. The van der Waals surface area contributed by atoms with Crippen LogP contribution in [0.2, 0.25) is 0 Å². The maximum atomic E-state index is 12.4. The van der Waals surface area contributed by atoms with E-state index in [0.29, 0.717) is 5.91 Å². The van der Waals surface area contributed by atoms with Gasteiger partial charge in [-0.1, -0.05) is 13.3 Å². The fourth-order valence-electron chi connectivity index (χ4n) is 3.33. The van der Waals surface area contributed by atoms with Crippen LogP contribution in [0.4, 0.5) is 0 Å². The first-order valence-electron chi connectivity index (χ1n) is 7.19. The Kier molecular flexibility index (Phi) is 4.08. The summed E-state index contributed by atoms with van der Waals surface area (Å²) < 4.78 is 0. The summed E-state index contributed by atoms with van der Waals surface area (Å²) >= 11 is 0. The van der Waals surface area contributed by atoms with Gasteiger partial charge in [-0.3, -0.25) is 4.79 Å². The van der Waals surface area contributed by atoms with Crippen LogP contribution < -0.4 is 5.73 Å². The molecule has 2 atom stereocenters. The lowest BCUT2D eigenvalue weighted by molar-refractivity contribution is -0.137. The molecule has 0 radical (unpaired) electrons. The number of nitrogens with two attached hydrogens (primary N) is 1. The molecule has 17 heavy (non-hydrogen) atoms. The van der Waals surface area contributed by atoms with E-state index < -0.39 is 0 Å². The minimum atomic E-state index is 0.186. The molecule has 3 nitrogen and oxygen atoms in total. The third-order valence-corrected chi connectivity index (χ3v) is 4.87. The molecule has 0 aromatic rings. The van der Waals surface area contributed by atoms with E-state index in [0.717, 1.165) is 31.7 Å². The number of amides is 1. The summed E-state index contributed by atoms with van der Waals surface area (Å²) in [6.07, 6.45) is 6.90. The lowest BCUT2D eigenvalue weighted by Gasteiger charge is -2.32. The highest BCUT2D eigenvalue weighted by atomic mass is 16.2. The van der Waals surface area contributed by atoms with E-state index in [-0.39, 0.29) is 18.0 Å². The molecule has 1 amide bonds. The molecular weight excluding hydrogens is 212 g/mol. The quantitative estimate of drug-likeness (QED) is 0.801. The van der Waals surface area contributed by atoms with Gasteiger partial charge in [-0.25, -0.2) is 0 Å². The van der Waals surface area contributed by atoms with Gasteiger partial charge in [-0.15, -0.1) is 0 Å². The maximum Gasteiger partial charge on any atom is 0.225 e. The second-order valence-corrected chi connectivity index (χ2v) is 5.85. The molecule has 1 aliphatic heterocycles. The normalized spacial score (nSPS) is 38.4. The molecule has 0 spiro atoms. The van der Waals surface area contributed by atoms with Gasteiger partial charge in [0, 0.05) is 24.5 Å². The van der Waals surface area contributed by atoms with Crippen LogP contribution in [-0.2, 0) is 4.79 Å². The second kappa shape index (κ2) is 5.38. The molecule has 1 heterocycles. The van der Waals surface area contributed by atoms with E-state index in [2.05, 4.69) is 13.8 Å². The van der Waals surface area contributed by atoms with Crippen molar-refractivity contribution in [3.05, 3.63) is 0 Å². The monoisotopic (exact) mass is 238 g/mol. The molecule has 0 bridgehead atoms. The molecule has 1 saturated heterocycles. The minimum absolute atomic E-state index is 0.186. The Bertz CT molecular complexity index is 271. The highest BCUT2D eigenvalue weighted by molar-refractivity contribution is 5.79. The van der Waals surface area contributed by atoms with Crippen LogP contribution in [0, 0.1) is 11.8 Å². The lowest BCUT2D eigenvalue weighted by Crippen LogP contribution is -2.43. The van der Waals surface area contributed by atoms with E-state index in [1.54, 1.807) is 0 Å². The Labute approximate surface area is 105 Å². The smallest absolute Gasteiger partial charge is 0.225 e. The van der Waals surface area contributed by atoms with Gasteiger partial charge in [0.1, 0.15) is 0 Å². The van der Waals surface area contributed by atoms with Crippen molar-refractivity contribution in [2.24, 2.45) is 17.6 Å². The highest BCUT2D eigenvalue weighted by Gasteiger charge is 2.36. The summed E-state index contributed by atoms with van der Waals surface area (Å²) in [4.78, 5) is 14.5. The standard InChI is InChI=1S/C14H26N2O/c1-3-11-4-6-12(7-5-11)14(17)16-9-8-13(15)10(16)2/h10-13H,3-9,15H2,1-2H3. The number of nitrogens with zero attached hydrogens (tertiary/aromatic N) is 1. The Balaban J connectivity index is 1.89. The van der Waals surface area contributed by atoms with Gasteiger partial charge < -0.3 is 10.6 Å². The van der Waals surface area contributed by atoms with Crippen LogP contribution in [0.15, 0.2) is 0 Å². The molecule has 2 fully saturated rings. The molecule has 2 unspecified atom stereocenters. The highest BCUT2D eigenvalue weighted by Crippen LogP contribution is 2.33. The molecule has 0 aromatic carbocycles. The van der Waals surface area contributed by atoms with Crippen molar-refractivity contribution in [3.8, 4) is 0 Å². The van der Waals surface area contributed by atoms with Crippen molar-refractivity contribution < 1.29 is 4.79 Å². The van der Waals surface area contributed by atoms with Gasteiger partial charge in [0.25, 0.3) is 0 Å². The number of hydrogen-bond donors (Lipinski definition) is 1. The first-order chi connectivity index (χ1) is 8.13.